The lowest BCUT2D eigenvalue weighted by molar-refractivity contribution is -0.120. The maximum absolute atomic E-state index is 13.2. The lowest BCUT2D eigenvalue weighted by atomic mass is 9.89. The average Bonchev–Trinajstić information content (AvgIpc) is 3.44. The summed E-state index contributed by atoms with van der Waals surface area (Å²) in [6, 6.07) is 4.17. The van der Waals surface area contributed by atoms with Crippen molar-refractivity contribution in [3.05, 3.63) is 23.3 Å². The largest absolute Gasteiger partial charge is 0.497 e. The number of hydrogen-bond acceptors (Lipinski definition) is 7. The van der Waals surface area contributed by atoms with E-state index in [9.17, 15) is 13.2 Å². The molecular weight excluding hydrogens is 512 g/mol. The van der Waals surface area contributed by atoms with Crippen LogP contribution in [0.2, 0.25) is 0 Å². The molecule has 0 radical (unpaired) electrons. The standard InChI is InChI=1S/C30H50N4O4S/c1-24-21-29(38-4)22-25(2)30(24)39(36,37)31(3)14-11-28(35)23-26-7-17-34(18-8-26)27-9-15-33(16-10-27)20-19-32-12-5-6-13-32/h21-22,26-27H,5-20,23H2,1-4H3. The fourth-order valence-corrected chi connectivity index (χ4v) is 8.31. The molecule has 0 aromatic heterocycles. The number of methoxy groups -OCH3 is 1. The van der Waals surface area contributed by atoms with Crippen molar-refractivity contribution in [3.63, 3.8) is 0 Å². The van der Waals surface area contributed by atoms with Gasteiger partial charge < -0.3 is 19.4 Å². The van der Waals surface area contributed by atoms with Crippen molar-refractivity contribution in [2.75, 3.05) is 73.1 Å². The quantitative estimate of drug-likeness (QED) is 0.386. The van der Waals surface area contributed by atoms with E-state index < -0.39 is 10.0 Å². The van der Waals surface area contributed by atoms with E-state index in [0.29, 0.717) is 40.2 Å². The van der Waals surface area contributed by atoms with Crippen LogP contribution in [-0.4, -0.2) is 112 Å². The summed E-state index contributed by atoms with van der Waals surface area (Å²) < 4.78 is 33.1. The van der Waals surface area contributed by atoms with Crippen LogP contribution in [0.25, 0.3) is 0 Å². The van der Waals surface area contributed by atoms with Crippen molar-refractivity contribution in [1.29, 1.82) is 0 Å². The molecule has 0 aliphatic carbocycles. The first kappa shape index (κ1) is 30.4. The third-order valence-electron chi connectivity index (χ3n) is 9.21. The average molecular weight is 563 g/mol. The molecule has 0 unspecified atom stereocenters. The van der Waals surface area contributed by atoms with E-state index in [1.165, 1.54) is 69.3 Å². The van der Waals surface area contributed by atoms with Gasteiger partial charge in [-0.05, 0) is 121 Å². The molecule has 3 saturated heterocycles. The summed E-state index contributed by atoms with van der Waals surface area (Å²) in [5.74, 6) is 1.23. The van der Waals surface area contributed by atoms with Crippen molar-refractivity contribution in [3.8, 4) is 5.75 Å². The van der Waals surface area contributed by atoms with Gasteiger partial charge in [-0.2, -0.15) is 0 Å². The minimum absolute atomic E-state index is 0.171. The highest BCUT2D eigenvalue weighted by molar-refractivity contribution is 7.89. The molecule has 0 saturated carbocycles. The number of aryl methyl sites for hydroxylation is 2. The number of rotatable bonds is 12. The van der Waals surface area contributed by atoms with Gasteiger partial charge in [0.1, 0.15) is 11.5 Å². The Morgan fingerprint density at radius 2 is 1.49 bits per heavy atom. The Bertz CT molecular complexity index is 1030. The van der Waals surface area contributed by atoms with Crippen molar-refractivity contribution in [1.82, 2.24) is 19.0 Å². The van der Waals surface area contributed by atoms with Crippen molar-refractivity contribution >= 4 is 15.8 Å². The number of likely N-dealkylation sites (tertiary alicyclic amines) is 3. The summed E-state index contributed by atoms with van der Waals surface area (Å²) in [6.07, 6.45) is 8.23. The first-order valence-corrected chi connectivity index (χ1v) is 16.4. The smallest absolute Gasteiger partial charge is 0.243 e. The van der Waals surface area contributed by atoms with Gasteiger partial charge in [-0.1, -0.05) is 0 Å². The molecule has 3 heterocycles. The fraction of sp³-hybridized carbons (Fsp3) is 0.767. The molecular formula is C30H50N4O4S. The zero-order valence-corrected chi connectivity index (χ0v) is 25.5. The van der Waals surface area contributed by atoms with Gasteiger partial charge in [0.25, 0.3) is 0 Å². The lowest BCUT2D eigenvalue weighted by Crippen LogP contribution is -2.48. The topological polar surface area (TPSA) is 73.4 Å². The zero-order chi connectivity index (χ0) is 28.0. The number of hydrogen-bond donors (Lipinski definition) is 0. The highest BCUT2D eigenvalue weighted by atomic mass is 32.2. The molecule has 0 bridgehead atoms. The second-order valence-corrected chi connectivity index (χ2v) is 14.0. The maximum Gasteiger partial charge on any atom is 0.243 e. The third kappa shape index (κ3) is 8.03. The van der Waals surface area contributed by atoms with Crippen LogP contribution in [0.1, 0.15) is 62.5 Å². The van der Waals surface area contributed by atoms with Gasteiger partial charge in [0.15, 0.2) is 0 Å². The molecule has 0 spiro atoms. The van der Waals surface area contributed by atoms with E-state index in [1.54, 1.807) is 40.1 Å². The van der Waals surface area contributed by atoms with Crippen LogP contribution >= 0.6 is 0 Å². The Kier molecular flexibility index (Phi) is 10.8. The number of ketones is 1. The summed E-state index contributed by atoms with van der Waals surface area (Å²) in [4.78, 5) is 21.0. The summed E-state index contributed by atoms with van der Waals surface area (Å²) in [5.41, 5.74) is 1.31. The molecule has 0 N–H and O–H groups in total. The molecule has 4 rings (SSSR count). The van der Waals surface area contributed by atoms with Gasteiger partial charge in [0, 0.05) is 45.6 Å². The van der Waals surface area contributed by atoms with Crippen LogP contribution in [-0.2, 0) is 14.8 Å². The predicted molar refractivity (Wildman–Crippen MR) is 156 cm³/mol. The molecule has 0 amide bonds. The number of piperidine rings is 2. The Labute approximate surface area is 236 Å². The van der Waals surface area contributed by atoms with E-state index in [-0.39, 0.29) is 18.7 Å². The number of benzene rings is 1. The summed E-state index contributed by atoms with van der Waals surface area (Å²) >= 11 is 0. The number of carbonyl (C=O) groups is 1. The summed E-state index contributed by atoms with van der Waals surface area (Å²) in [5, 5.41) is 0. The SMILES string of the molecule is COc1cc(C)c(S(=O)(=O)N(C)CCC(=O)CC2CCN(C3CCN(CCN4CCCC4)CC3)CC2)c(C)c1. The van der Waals surface area contributed by atoms with Gasteiger partial charge in [-0.15, -0.1) is 0 Å². The Balaban J connectivity index is 1.15. The fourth-order valence-electron chi connectivity index (χ4n) is 6.74. The third-order valence-corrected chi connectivity index (χ3v) is 11.4. The van der Waals surface area contributed by atoms with Gasteiger partial charge >= 0.3 is 0 Å². The van der Waals surface area contributed by atoms with Crippen LogP contribution in [0.15, 0.2) is 17.0 Å². The predicted octanol–water partition coefficient (Wildman–Crippen LogP) is 3.55. The first-order chi connectivity index (χ1) is 18.7. The van der Waals surface area contributed by atoms with Crippen LogP contribution in [0.3, 0.4) is 0 Å². The molecule has 220 valence electrons. The summed E-state index contributed by atoms with van der Waals surface area (Å²) in [7, 11) is -0.528. The number of nitrogens with zero attached hydrogens (tertiary/aromatic N) is 4. The molecule has 39 heavy (non-hydrogen) atoms. The molecule has 3 fully saturated rings. The lowest BCUT2D eigenvalue weighted by Gasteiger charge is -2.42. The van der Waals surface area contributed by atoms with Crippen LogP contribution < -0.4 is 4.74 Å². The Hall–Kier alpha value is -1.52. The Morgan fingerprint density at radius 1 is 0.923 bits per heavy atom. The second kappa shape index (κ2) is 13.9. The van der Waals surface area contributed by atoms with Crippen LogP contribution in [0.5, 0.6) is 5.75 Å². The van der Waals surface area contributed by atoms with Crippen LogP contribution in [0.4, 0.5) is 0 Å². The molecule has 1 aromatic carbocycles. The molecule has 3 aliphatic rings. The number of ether oxygens (including phenoxy) is 1. The maximum atomic E-state index is 13.2. The highest BCUT2D eigenvalue weighted by Gasteiger charge is 2.30. The second-order valence-electron chi connectivity index (χ2n) is 12.0. The van der Waals surface area contributed by atoms with E-state index in [1.807, 2.05) is 0 Å². The number of carbonyl (C=O) groups excluding carboxylic acids is 1. The van der Waals surface area contributed by atoms with E-state index in [2.05, 4.69) is 14.7 Å². The molecule has 3 aliphatic heterocycles. The van der Waals surface area contributed by atoms with E-state index in [4.69, 9.17) is 4.74 Å². The molecule has 8 nitrogen and oxygen atoms in total. The van der Waals surface area contributed by atoms with Crippen LogP contribution in [0, 0.1) is 19.8 Å². The number of sulfonamides is 1. The van der Waals surface area contributed by atoms with Crippen molar-refractivity contribution in [2.24, 2.45) is 5.92 Å². The monoisotopic (exact) mass is 562 g/mol. The van der Waals surface area contributed by atoms with Gasteiger partial charge in [0.2, 0.25) is 10.0 Å². The first-order valence-electron chi connectivity index (χ1n) is 15.0. The van der Waals surface area contributed by atoms with Gasteiger partial charge in [-0.3, -0.25) is 4.79 Å². The van der Waals surface area contributed by atoms with Crippen molar-refractivity contribution in [2.45, 2.75) is 76.2 Å². The molecule has 1 aromatic rings. The van der Waals surface area contributed by atoms with Gasteiger partial charge in [0.05, 0.1) is 12.0 Å². The van der Waals surface area contributed by atoms with E-state index in [0.717, 1.165) is 25.9 Å². The van der Waals surface area contributed by atoms with E-state index >= 15 is 0 Å². The minimum atomic E-state index is -3.67. The van der Waals surface area contributed by atoms with Crippen molar-refractivity contribution < 1.29 is 17.9 Å². The minimum Gasteiger partial charge on any atom is -0.497 e. The molecule has 0 atom stereocenters. The zero-order valence-electron chi connectivity index (χ0n) is 24.7. The highest BCUT2D eigenvalue weighted by Crippen LogP contribution is 2.29. The number of Topliss-reactive ketones (excluding diaryl/α,β-unsaturated/α-hetero) is 1. The van der Waals surface area contributed by atoms with Gasteiger partial charge in [-0.25, -0.2) is 12.7 Å². The molecule has 9 heteroatoms. The Morgan fingerprint density at radius 3 is 2.05 bits per heavy atom. The normalized spacial score (nSPS) is 21.2. The summed E-state index contributed by atoms with van der Waals surface area (Å²) in [6.45, 7) is 13.4.